The molecule has 0 saturated heterocycles. The van der Waals surface area contributed by atoms with Crippen LogP contribution in [-0.4, -0.2) is 26.2 Å². The van der Waals surface area contributed by atoms with Gasteiger partial charge in [-0.2, -0.15) is 0 Å². The fourth-order valence-electron chi connectivity index (χ4n) is 1.53. The summed E-state index contributed by atoms with van der Waals surface area (Å²) in [7, 11) is 2.76. The molecule has 20 heavy (non-hydrogen) atoms. The summed E-state index contributed by atoms with van der Waals surface area (Å²) in [5, 5.41) is 0. The number of halogens is 1. The lowest BCUT2D eigenvalue weighted by atomic mass is 10.0. The minimum absolute atomic E-state index is 0. The van der Waals surface area contributed by atoms with Gasteiger partial charge in [0.15, 0.2) is 11.5 Å². The van der Waals surface area contributed by atoms with E-state index in [2.05, 4.69) is 4.74 Å². The Morgan fingerprint density at radius 3 is 2.40 bits per heavy atom. The smallest absolute Gasteiger partial charge is 0.308 e. The van der Waals surface area contributed by atoms with Gasteiger partial charge in [-0.25, -0.2) is 0 Å². The van der Waals surface area contributed by atoms with Crippen molar-refractivity contribution in [2.75, 3.05) is 14.2 Å². The number of carbonyl (C=O) groups excluding carboxylic acids is 2. The van der Waals surface area contributed by atoms with Crippen molar-refractivity contribution in [1.29, 1.82) is 0 Å². The average Bonchev–Trinajstić information content (AvgIpc) is 2.38. The molecule has 0 aromatic heterocycles. The summed E-state index contributed by atoms with van der Waals surface area (Å²) in [5.74, 6) is -0.141. The molecule has 1 atom stereocenters. The van der Waals surface area contributed by atoms with E-state index in [1.54, 1.807) is 18.2 Å². The largest absolute Gasteiger partial charge is 0.493 e. The molecule has 0 saturated carbocycles. The normalized spacial score (nSPS) is 11.0. The van der Waals surface area contributed by atoms with Gasteiger partial charge < -0.3 is 19.9 Å². The van der Waals surface area contributed by atoms with Crippen LogP contribution in [0.25, 0.3) is 0 Å². The van der Waals surface area contributed by atoms with Crippen molar-refractivity contribution in [3.8, 4) is 11.5 Å². The average molecular weight is 304 g/mol. The van der Waals surface area contributed by atoms with Crippen LogP contribution < -0.4 is 15.2 Å². The first-order chi connectivity index (χ1) is 8.97. The molecule has 0 amide bonds. The van der Waals surface area contributed by atoms with Crippen LogP contribution >= 0.6 is 12.4 Å². The number of hydrogen-bond donors (Lipinski definition) is 1. The summed E-state index contributed by atoms with van der Waals surface area (Å²) in [4.78, 5) is 22.1. The maximum absolute atomic E-state index is 11.2. The number of hydrogen-bond acceptors (Lipinski definition) is 6. The summed E-state index contributed by atoms with van der Waals surface area (Å²) in [6.07, 6.45) is 0.0621. The molecule has 1 aromatic rings. The molecule has 1 rings (SSSR count). The van der Waals surface area contributed by atoms with Crippen LogP contribution in [0.1, 0.15) is 24.9 Å². The van der Waals surface area contributed by atoms with E-state index in [0.717, 1.165) is 0 Å². The number of nitrogens with two attached hydrogens (primary N) is 1. The number of carbonyl (C=O) groups is 2. The number of ether oxygens (including phenoxy) is 3. The third kappa shape index (κ3) is 5.07. The molecule has 0 unspecified atom stereocenters. The molecule has 112 valence electrons. The van der Waals surface area contributed by atoms with E-state index in [9.17, 15) is 9.59 Å². The van der Waals surface area contributed by atoms with E-state index in [1.807, 2.05) is 0 Å². The van der Waals surface area contributed by atoms with Gasteiger partial charge in [0.1, 0.15) is 0 Å². The van der Waals surface area contributed by atoms with Crippen molar-refractivity contribution in [3.05, 3.63) is 23.8 Å². The van der Waals surface area contributed by atoms with Gasteiger partial charge in [0.25, 0.3) is 0 Å². The zero-order chi connectivity index (χ0) is 14.4. The first kappa shape index (κ1) is 18.2. The molecule has 0 aliphatic carbocycles. The molecule has 1 aromatic carbocycles. The second-order valence-electron chi connectivity index (χ2n) is 3.89. The van der Waals surface area contributed by atoms with Crippen LogP contribution in [0.4, 0.5) is 0 Å². The molecule has 0 aliphatic heterocycles. The number of rotatable bonds is 5. The second-order valence-corrected chi connectivity index (χ2v) is 3.89. The highest BCUT2D eigenvalue weighted by molar-refractivity contribution is 5.85. The molecule has 6 nitrogen and oxygen atoms in total. The van der Waals surface area contributed by atoms with Crippen molar-refractivity contribution in [3.63, 3.8) is 0 Å². The van der Waals surface area contributed by atoms with E-state index in [0.29, 0.717) is 17.1 Å². The van der Waals surface area contributed by atoms with Gasteiger partial charge in [-0.1, -0.05) is 6.07 Å². The van der Waals surface area contributed by atoms with E-state index in [1.165, 1.54) is 21.1 Å². The fourth-order valence-corrected chi connectivity index (χ4v) is 1.53. The first-order valence-electron chi connectivity index (χ1n) is 5.66. The Bertz CT molecular complexity index is 478. The molecule has 0 fully saturated rings. The number of esters is 2. The second kappa shape index (κ2) is 8.39. The minimum Gasteiger partial charge on any atom is -0.493 e. The highest BCUT2D eigenvalue weighted by atomic mass is 35.5. The Labute approximate surface area is 123 Å². The van der Waals surface area contributed by atoms with Crippen LogP contribution in [0.5, 0.6) is 11.5 Å². The molecular formula is C13H18ClNO5. The summed E-state index contributed by atoms with van der Waals surface area (Å²) < 4.78 is 14.7. The van der Waals surface area contributed by atoms with Gasteiger partial charge in [-0.05, 0) is 17.7 Å². The quantitative estimate of drug-likeness (QED) is 0.656. The van der Waals surface area contributed by atoms with E-state index < -0.39 is 18.0 Å². The topological polar surface area (TPSA) is 87.9 Å². The maximum atomic E-state index is 11.2. The van der Waals surface area contributed by atoms with Gasteiger partial charge in [-0.15, -0.1) is 12.4 Å². The lowest BCUT2D eigenvalue weighted by Crippen LogP contribution is -2.16. The SMILES string of the molecule is COC(=O)C[C@@H](N)c1ccc(OC(C)=O)c(OC)c1.Cl. The van der Waals surface area contributed by atoms with E-state index >= 15 is 0 Å². The standard InChI is InChI=1S/C13H17NO5.ClH/c1-8(15)19-11-5-4-9(6-12(11)17-2)10(14)7-13(16)18-3;/h4-6,10H,7,14H2,1-3H3;1H/t10-;/m1./s1. The summed E-state index contributed by atoms with van der Waals surface area (Å²) in [6, 6.07) is 4.38. The highest BCUT2D eigenvalue weighted by Crippen LogP contribution is 2.30. The van der Waals surface area contributed by atoms with Gasteiger partial charge in [-0.3, -0.25) is 9.59 Å². The third-order valence-electron chi connectivity index (χ3n) is 2.48. The Morgan fingerprint density at radius 1 is 1.25 bits per heavy atom. The molecule has 0 heterocycles. The van der Waals surface area contributed by atoms with Crippen molar-refractivity contribution in [1.82, 2.24) is 0 Å². The summed E-state index contributed by atoms with van der Waals surface area (Å²) in [6.45, 7) is 1.30. The van der Waals surface area contributed by atoms with Crippen LogP contribution in [0.3, 0.4) is 0 Å². The molecule has 7 heteroatoms. The van der Waals surface area contributed by atoms with Crippen molar-refractivity contribution in [2.24, 2.45) is 5.73 Å². The van der Waals surface area contributed by atoms with Gasteiger partial charge >= 0.3 is 11.9 Å². The first-order valence-corrected chi connectivity index (χ1v) is 5.66. The van der Waals surface area contributed by atoms with Crippen LogP contribution in [0.15, 0.2) is 18.2 Å². The van der Waals surface area contributed by atoms with Crippen LogP contribution in [-0.2, 0) is 14.3 Å². The van der Waals surface area contributed by atoms with Crippen molar-refractivity contribution in [2.45, 2.75) is 19.4 Å². The molecule has 0 aliphatic rings. The molecular weight excluding hydrogens is 286 g/mol. The molecule has 2 N–H and O–H groups in total. The van der Waals surface area contributed by atoms with E-state index in [4.69, 9.17) is 15.2 Å². The zero-order valence-electron chi connectivity index (χ0n) is 11.5. The van der Waals surface area contributed by atoms with Crippen LogP contribution in [0, 0.1) is 0 Å². The number of methoxy groups -OCH3 is 2. The van der Waals surface area contributed by atoms with Crippen molar-refractivity contribution >= 4 is 24.3 Å². The summed E-state index contributed by atoms with van der Waals surface area (Å²) in [5.41, 5.74) is 6.57. The lowest BCUT2D eigenvalue weighted by Gasteiger charge is -2.14. The predicted octanol–water partition coefficient (Wildman–Crippen LogP) is 1.61. The Kier molecular flexibility index (Phi) is 7.64. The van der Waals surface area contributed by atoms with Crippen molar-refractivity contribution < 1.29 is 23.8 Å². The monoisotopic (exact) mass is 303 g/mol. The fraction of sp³-hybridized carbons (Fsp3) is 0.385. The molecule has 0 spiro atoms. The van der Waals surface area contributed by atoms with E-state index in [-0.39, 0.29) is 18.8 Å². The Balaban J connectivity index is 0.00000361. The highest BCUT2D eigenvalue weighted by Gasteiger charge is 2.15. The molecule has 0 bridgehead atoms. The predicted molar refractivity (Wildman–Crippen MR) is 75.1 cm³/mol. The Hall–Kier alpha value is -1.79. The zero-order valence-corrected chi connectivity index (χ0v) is 12.4. The van der Waals surface area contributed by atoms with Gasteiger partial charge in [0.05, 0.1) is 20.6 Å². The number of benzene rings is 1. The van der Waals surface area contributed by atoms with Crippen LogP contribution in [0.2, 0.25) is 0 Å². The lowest BCUT2D eigenvalue weighted by molar-refractivity contribution is -0.141. The third-order valence-corrected chi connectivity index (χ3v) is 2.48. The van der Waals surface area contributed by atoms with Gasteiger partial charge in [0, 0.05) is 13.0 Å². The maximum Gasteiger partial charge on any atom is 0.308 e. The minimum atomic E-state index is -0.507. The molecule has 0 radical (unpaired) electrons. The van der Waals surface area contributed by atoms with Gasteiger partial charge in [0.2, 0.25) is 0 Å². The summed E-state index contributed by atoms with van der Waals surface area (Å²) >= 11 is 0. The Morgan fingerprint density at radius 2 is 1.90 bits per heavy atom.